The smallest absolute Gasteiger partial charge is 0.186 e. The summed E-state index contributed by atoms with van der Waals surface area (Å²) < 4.78 is 0. The van der Waals surface area contributed by atoms with Crippen molar-refractivity contribution >= 4 is 16.5 Å². The third-order valence-electron chi connectivity index (χ3n) is 5.06. The minimum Gasteiger partial charge on any atom is -0.342 e. The first-order valence-corrected chi connectivity index (χ1v) is 9.57. The summed E-state index contributed by atoms with van der Waals surface area (Å²) in [5.41, 5.74) is 1.38. The minimum absolute atomic E-state index is 0.554. The fraction of sp³-hybridized carbons (Fsp3) is 0.824. The number of hydrogen-bond donors (Lipinski definition) is 1. The molecular weight excluding hydrogens is 278 g/mol. The first-order valence-electron chi connectivity index (χ1n) is 8.75. The molecule has 0 amide bonds. The topological polar surface area (TPSA) is 28.2 Å². The minimum atomic E-state index is 0.554. The van der Waals surface area contributed by atoms with Crippen LogP contribution < -0.4 is 10.2 Å². The highest BCUT2D eigenvalue weighted by Crippen LogP contribution is 2.41. The number of rotatable bonds is 5. The Morgan fingerprint density at radius 2 is 2.14 bits per heavy atom. The Labute approximate surface area is 133 Å². The molecule has 1 aromatic rings. The molecule has 1 saturated heterocycles. The average molecular weight is 308 g/mol. The van der Waals surface area contributed by atoms with E-state index < -0.39 is 0 Å². The molecule has 4 heteroatoms. The van der Waals surface area contributed by atoms with Crippen molar-refractivity contribution in [1.29, 1.82) is 0 Å². The molecule has 21 heavy (non-hydrogen) atoms. The Kier molecular flexibility index (Phi) is 4.85. The number of nitrogens with zero attached hydrogens (tertiary/aromatic N) is 2. The van der Waals surface area contributed by atoms with Crippen LogP contribution in [-0.4, -0.2) is 23.6 Å². The summed E-state index contributed by atoms with van der Waals surface area (Å²) in [6, 6.07) is 1.91. The molecule has 3 nitrogen and oxygen atoms in total. The maximum atomic E-state index is 5.04. The Balaban J connectivity index is 1.83. The van der Waals surface area contributed by atoms with Gasteiger partial charge in [0.05, 0.1) is 5.69 Å². The van der Waals surface area contributed by atoms with Crippen LogP contribution in [-0.2, 0) is 6.42 Å². The molecule has 0 aromatic carbocycles. The zero-order valence-electron chi connectivity index (χ0n) is 13.7. The van der Waals surface area contributed by atoms with Gasteiger partial charge >= 0.3 is 0 Å². The van der Waals surface area contributed by atoms with Gasteiger partial charge in [-0.2, -0.15) is 0 Å². The summed E-state index contributed by atoms with van der Waals surface area (Å²) in [7, 11) is 0. The van der Waals surface area contributed by atoms with Gasteiger partial charge in [0.15, 0.2) is 5.13 Å². The summed E-state index contributed by atoms with van der Waals surface area (Å²) >= 11 is 1.97. The van der Waals surface area contributed by atoms with Gasteiger partial charge < -0.3 is 10.2 Å². The van der Waals surface area contributed by atoms with E-state index >= 15 is 0 Å². The number of anilines is 1. The number of thiazole rings is 1. The molecular formula is C17H29N3S. The van der Waals surface area contributed by atoms with E-state index in [0.29, 0.717) is 18.1 Å². The molecule has 0 spiro atoms. The fourth-order valence-electron chi connectivity index (χ4n) is 3.85. The first-order chi connectivity index (χ1) is 10.2. The molecule has 3 rings (SSSR count). The third-order valence-corrected chi connectivity index (χ3v) is 6.28. The number of nitrogens with one attached hydrogen (secondary N) is 1. The number of hydrogen-bond acceptors (Lipinski definition) is 4. The molecule has 3 unspecified atom stereocenters. The standard InChI is InChI=1S/C17H29N3S/c1-4-11-18-14-7-6-8-15-16(14)21-17(19-15)20-12(3)9-10-13(20)5-2/h12-14,18H,4-11H2,1-3H3. The Morgan fingerprint density at radius 3 is 2.90 bits per heavy atom. The van der Waals surface area contributed by atoms with Gasteiger partial charge in [0, 0.05) is 23.0 Å². The number of aromatic nitrogens is 1. The van der Waals surface area contributed by atoms with Gasteiger partial charge in [-0.05, 0) is 58.4 Å². The molecule has 1 N–H and O–H groups in total. The molecule has 1 aliphatic carbocycles. The van der Waals surface area contributed by atoms with Gasteiger partial charge in [-0.3, -0.25) is 0 Å². The molecule has 1 fully saturated rings. The van der Waals surface area contributed by atoms with Crippen molar-refractivity contribution in [2.24, 2.45) is 0 Å². The molecule has 2 heterocycles. The lowest BCUT2D eigenvalue weighted by Crippen LogP contribution is -2.33. The second-order valence-electron chi connectivity index (χ2n) is 6.60. The van der Waals surface area contributed by atoms with Crippen LogP contribution in [0.1, 0.15) is 75.9 Å². The molecule has 1 aromatic heterocycles. The molecule has 2 aliphatic rings. The van der Waals surface area contributed by atoms with Gasteiger partial charge in [0.1, 0.15) is 0 Å². The van der Waals surface area contributed by atoms with E-state index in [1.165, 1.54) is 60.6 Å². The monoisotopic (exact) mass is 307 g/mol. The highest BCUT2D eigenvalue weighted by Gasteiger charge is 2.33. The lowest BCUT2D eigenvalue weighted by atomic mass is 9.98. The quantitative estimate of drug-likeness (QED) is 0.879. The zero-order chi connectivity index (χ0) is 14.8. The summed E-state index contributed by atoms with van der Waals surface area (Å²) in [5, 5.41) is 5.01. The highest BCUT2D eigenvalue weighted by atomic mass is 32.1. The van der Waals surface area contributed by atoms with Crippen LogP contribution in [0.2, 0.25) is 0 Å². The average Bonchev–Trinajstić information content (AvgIpc) is 3.07. The van der Waals surface area contributed by atoms with Crippen molar-refractivity contribution in [2.45, 2.75) is 83.8 Å². The molecule has 0 saturated carbocycles. The van der Waals surface area contributed by atoms with E-state index in [1.807, 2.05) is 11.3 Å². The molecule has 3 atom stereocenters. The molecule has 1 aliphatic heterocycles. The van der Waals surface area contributed by atoms with E-state index in [-0.39, 0.29) is 0 Å². The SMILES string of the molecule is CCCNC1CCCc2nc(N3C(C)CCC3CC)sc21. The van der Waals surface area contributed by atoms with Crippen LogP contribution in [0.15, 0.2) is 0 Å². The van der Waals surface area contributed by atoms with Gasteiger partial charge in [-0.15, -0.1) is 0 Å². The summed E-state index contributed by atoms with van der Waals surface area (Å²) in [6.07, 6.45) is 8.84. The molecule has 118 valence electrons. The summed E-state index contributed by atoms with van der Waals surface area (Å²) in [6.45, 7) is 8.04. The number of aryl methyl sites for hydroxylation is 1. The zero-order valence-corrected chi connectivity index (χ0v) is 14.5. The lowest BCUT2D eigenvalue weighted by molar-refractivity contribution is 0.464. The third kappa shape index (κ3) is 2.98. The fourth-order valence-corrected chi connectivity index (χ4v) is 5.24. The maximum Gasteiger partial charge on any atom is 0.186 e. The second-order valence-corrected chi connectivity index (χ2v) is 7.61. The van der Waals surface area contributed by atoms with Crippen LogP contribution in [0.25, 0.3) is 0 Å². The van der Waals surface area contributed by atoms with Crippen LogP contribution in [0.4, 0.5) is 5.13 Å². The normalized spacial score (nSPS) is 28.9. The maximum absolute atomic E-state index is 5.04. The highest BCUT2D eigenvalue weighted by molar-refractivity contribution is 7.15. The van der Waals surface area contributed by atoms with Crippen molar-refractivity contribution in [2.75, 3.05) is 11.4 Å². The van der Waals surface area contributed by atoms with Crippen LogP contribution >= 0.6 is 11.3 Å². The van der Waals surface area contributed by atoms with Crippen LogP contribution in [0.5, 0.6) is 0 Å². The van der Waals surface area contributed by atoms with Gasteiger partial charge in [0.25, 0.3) is 0 Å². The Morgan fingerprint density at radius 1 is 1.29 bits per heavy atom. The predicted molar refractivity (Wildman–Crippen MR) is 91.3 cm³/mol. The van der Waals surface area contributed by atoms with E-state index in [0.717, 1.165) is 6.54 Å². The summed E-state index contributed by atoms with van der Waals surface area (Å²) in [4.78, 5) is 9.18. The summed E-state index contributed by atoms with van der Waals surface area (Å²) in [5.74, 6) is 0. The number of fused-ring (bicyclic) bond motifs is 1. The lowest BCUT2D eigenvalue weighted by Gasteiger charge is -2.27. The van der Waals surface area contributed by atoms with E-state index in [2.05, 4.69) is 31.0 Å². The van der Waals surface area contributed by atoms with Gasteiger partial charge in [0.2, 0.25) is 0 Å². The van der Waals surface area contributed by atoms with Crippen molar-refractivity contribution < 1.29 is 0 Å². The van der Waals surface area contributed by atoms with Crippen molar-refractivity contribution in [1.82, 2.24) is 10.3 Å². The van der Waals surface area contributed by atoms with Gasteiger partial charge in [-0.25, -0.2) is 4.98 Å². The predicted octanol–water partition coefficient (Wildman–Crippen LogP) is 4.29. The molecule has 0 bridgehead atoms. The first kappa shape index (κ1) is 15.3. The van der Waals surface area contributed by atoms with Gasteiger partial charge in [-0.1, -0.05) is 25.2 Å². The Hall–Kier alpha value is -0.610. The van der Waals surface area contributed by atoms with Crippen LogP contribution in [0, 0.1) is 0 Å². The Bertz CT molecular complexity index is 471. The van der Waals surface area contributed by atoms with Crippen molar-refractivity contribution in [3.63, 3.8) is 0 Å². The van der Waals surface area contributed by atoms with E-state index in [1.54, 1.807) is 0 Å². The van der Waals surface area contributed by atoms with Crippen LogP contribution in [0.3, 0.4) is 0 Å². The van der Waals surface area contributed by atoms with Crippen molar-refractivity contribution in [3.05, 3.63) is 10.6 Å². The van der Waals surface area contributed by atoms with E-state index in [9.17, 15) is 0 Å². The largest absolute Gasteiger partial charge is 0.342 e. The van der Waals surface area contributed by atoms with E-state index in [4.69, 9.17) is 4.98 Å². The van der Waals surface area contributed by atoms with Crippen molar-refractivity contribution in [3.8, 4) is 0 Å². The molecule has 0 radical (unpaired) electrons. The second kappa shape index (κ2) is 6.66.